The zero-order chi connectivity index (χ0) is 19.9. The van der Waals surface area contributed by atoms with Crippen molar-refractivity contribution in [1.29, 1.82) is 0 Å². The number of carbonyl (C=O) groups is 2. The highest BCUT2D eigenvalue weighted by Gasteiger charge is 2.13. The summed E-state index contributed by atoms with van der Waals surface area (Å²) in [6.07, 6.45) is 0. The summed E-state index contributed by atoms with van der Waals surface area (Å²) in [5, 5.41) is 8.30. The lowest BCUT2D eigenvalue weighted by Gasteiger charge is -2.28. The van der Waals surface area contributed by atoms with Crippen molar-refractivity contribution >= 4 is 35.1 Å². The zero-order valence-electron chi connectivity index (χ0n) is 16.2. The van der Waals surface area contributed by atoms with E-state index in [1.165, 1.54) is 17.2 Å². The molecule has 3 N–H and O–H groups in total. The van der Waals surface area contributed by atoms with E-state index in [1.807, 2.05) is 18.7 Å². The fourth-order valence-corrected chi connectivity index (χ4v) is 4.05. The van der Waals surface area contributed by atoms with Crippen LogP contribution in [0, 0.1) is 6.92 Å². The molecule has 0 saturated carbocycles. The molecule has 1 heterocycles. The largest absolute Gasteiger partial charge is 0.370 e. The third-order valence-electron chi connectivity index (χ3n) is 4.82. The van der Waals surface area contributed by atoms with Gasteiger partial charge in [-0.3, -0.25) is 4.79 Å². The lowest BCUT2D eigenvalue weighted by Crippen LogP contribution is -2.32. The normalized spacial score (nSPS) is 13.7. The number of hydrogen-bond donors (Lipinski definition) is 3. The predicted molar refractivity (Wildman–Crippen MR) is 116 cm³/mol. The molecule has 0 radical (unpaired) electrons. The van der Waals surface area contributed by atoms with Gasteiger partial charge in [0.15, 0.2) is 0 Å². The molecule has 0 spiro atoms. The van der Waals surface area contributed by atoms with Gasteiger partial charge < -0.3 is 20.9 Å². The molecule has 2 aromatic rings. The minimum absolute atomic E-state index is 0.172. The Kier molecular flexibility index (Phi) is 6.81. The number of thioether (sulfide) groups is 1. The van der Waals surface area contributed by atoms with Crippen LogP contribution in [0.15, 0.2) is 42.5 Å². The molecule has 6 nitrogen and oxygen atoms in total. The summed E-state index contributed by atoms with van der Waals surface area (Å²) < 4.78 is 0. The molecular formula is C21H26N4O2S. The SMILES string of the molecule is CNC(=O)c1cccc(NC(=O)NCc2ccc(N3CCSCC3)cc2)c1C. The third-order valence-corrected chi connectivity index (χ3v) is 5.76. The standard InChI is InChI=1S/C21H26N4O2S/c1-15-18(20(26)22-2)4-3-5-19(15)24-21(27)23-14-16-6-8-17(9-7-16)25-10-12-28-13-11-25/h3-9H,10-14H2,1-2H3,(H,22,26)(H2,23,24,27). The van der Waals surface area contributed by atoms with E-state index in [0.717, 1.165) is 24.2 Å². The maximum atomic E-state index is 12.3. The van der Waals surface area contributed by atoms with E-state index in [-0.39, 0.29) is 11.9 Å². The molecule has 0 aliphatic carbocycles. The summed E-state index contributed by atoms with van der Waals surface area (Å²) in [4.78, 5) is 26.5. The van der Waals surface area contributed by atoms with Gasteiger partial charge >= 0.3 is 6.03 Å². The minimum atomic E-state index is -0.297. The van der Waals surface area contributed by atoms with Crippen molar-refractivity contribution in [3.05, 3.63) is 59.2 Å². The van der Waals surface area contributed by atoms with E-state index >= 15 is 0 Å². The first-order valence-electron chi connectivity index (χ1n) is 9.36. The molecule has 1 saturated heterocycles. The lowest BCUT2D eigenvalue weighted by atomic mass is 10.1. The predicted octanol–water partition coefficient (Wildman–Crippen LogP) is 3.23. The van der Waals surface area contributed by atoms with E-state index in [2.05, 4.69) is 45.1 Å². The van der Waals surface area contributed by atoms with Crippen LogP contribution in [0.1, 0.15) is 21.5 Å². The summed E-state index contributed by atoms with van der Waals surface area (Å²) in [6.45, 7) is 4.42. The highest BCUT2D eigenvalue weighted by atomic mass is 32.2. The highest BCUT2D eigenvalue weighted by molar-refractivity contribution is 7.99. The smallest absolute Gasteiger partial charge is 0.319 e. The highest BCUT2D eigenvalue weighted by Crippen LogP contribution is 2.20. The van der Waals surface area contributed by atoms with Crippen molar-refractivity contribution in [2.45, 2.75) is 13.5 Å². The fraction of sp³-hybridized carbons (Fsp3) is 0.333. The second-order valence-electron chi connectivity index (χ2n) is 6.63. The molecule has 148 valence electrons. The summed E-state index contributed by atoms with van der Waals surface area (Å²) in [6, 6.07) is 13.3. The van der Waals surface area contributed by atoms with Gasteiger partial charge in [0.05, 0.1) is 0 Å². The average molecular weight is 399 g/mol. The molecule has 0 unspecified atom stereocenters. The Morgan fingerprint density at radius 2 is 1.79 bits per heavy atom. The first kappa shape index (κ1) is 20.1. The van der Waals surface area contributed by atoms with Crippen LogP contribution in [0.3, 0.4) is 0 Å². The number of hydrogen-bond acceptors (Lipinski definition) is 4. The Hall–Kier alpha value is -2.67. The van der Waals surface area contributed by atoms with Crippen molar-refractivity contribution in [3.63, 3.8) is 0 Å². The second kappa shape index (κ2) is 9.50. The van der Waals surface area contributed by atoms with Gasteiger partial charge in [0.25, 0.3) is 5.91 Å². The Bertz CT molecular complexity index is 833. The van der Waals surface area contributed by atoms with Crippen LogP contribution in [0.2, 0.25) is 0 Å². The van der Waals surface area contributed by atoms with Crippen molar-refractivity contribution < 1.29 is 9.59 Å². The Balaban J connectivity index is 1.55. The van der Waals surface area contributed by atoms with Crippen LogP contribution >= 0.6 is 11.8 Å². The van der Waals surface area contributed by atoms with Gasteiger partial charge in [-0.15, -0.1) is 0 Å². The maximum absolute atomic E-state index is 12.3. The van der Waals surface area contributed by atoms with Gasteiger partial charge in [-0.05, 0) is 42.3 Å². The summed E-state index contributed by atoms with van der Waals surface area (Å²) >= 11 is 1.99. The summed E-state index contributed by atoms with van der Waals surface area (Å²) in [7, 11) is 1.59. The fourth-order valence-electron chi connectivity index (χ4n) is 3.15. The van der Waals surface area contributed by atoms with Crippen molar-refractivity contribution in [3.8, 4) is 0 Å². The molecule has 0 aromatic heterocycles. The van der Waals surface area contributed by atoms with Crippen LogP contribution in [0.4, 0.5) is 16.2 Å². The average Bonchev–Trinajstić information content (AvgIpc) is 2.74. The molecule has 1 aliphatic heterocycles. The first-order valence-corrected chi connectivity index (χ1v) is 10.5. The molecule has 7 heteroatoms. The molecule has 1 aliphatic rings. The van der Waals surface area contributed by atoms with E-state index in [1.54, 1.807) is 25.2 Å². The minimum Gasteiger partial charge on any atom is -0.370 e. The molecule has 3 rings (SSSR count). The van der Waals surface area contributed by atoms with Gasteiger partial charge in [-0.2, -0.15) is 11.8 Å². The van der Waals surface area contributed by atoms with Crippen LogP contribution in [-0.4, -0.2) is 43.6 Å². The Labute approximate surface area is 170 Å². The molecule has 0 bridgehead atoms. The van der Waals surface area contributed by atoms with Gasteiger partial charge in [0, 0.05) is 55.1 Å². The number of nitrogens with zero attached hydrogens (tertiary/aromatic N) is 1. The van der Waals surface area contributed by atoms with Crippen molar-refractivity contribution in [2.75, 3.05) is 41.9 Å². The van der Waals surface area contributed by atoms with E-state index < -0.39 is 0 Å². The maximum Gasteiger partial charge on any atom is 0.319 e. The monoisotopic (exact) mass is 398 g/mol. The Morgan fingerprint density at radius 3 is 2.46 bits per heavy atom. The number of anilines is 2. The van der Waals surface area contributed by atoms with Crippen LogP contribution in [0.25, 0.3) is 0 Å². The molecule has 0 atom stereocenters. The van der Waals surface area contributed by atoms with E-state index in [4.69, 9.17) is 0 Å². The molecule has 2 aromatic carbocycles. The number of amides is 3. The molecule has 28 heavy (non-hydrogen) atoms. The number of rotatable bonds is 5. The van der Waals surface area contributed by atoms with Gasteiger partial charge in [0.2, 0.25) is 0 Å². The Morgan fingerprint density at radius 1 is 1.07 bits per heavy atom. The second-order valence-corrected chi connectivity index (χ2v) is 7.86. The van der Waals surface area contributed by atoms with Gasteiger partial charge in [-0.25, -0.2) is 4.79 Å². The van der Waals surface area contributed by atoms with Crippen molar-refractivity contribution in [1.82, 2.24) is 10.6 Å². The van der Waals surface area contributed by atoms with Crippen molar-refractivity contribution in [2.24, 2.45) is 0 Å². The first-order chi connectivity index (χ1) is 13.6. The zero-order valence-corrected chi connectivity index (χ0v) is 17.1. The number of carbonyl (C=O) groups excluding carboxylic acids is 2. The number of benzene rings is 2. The third kappa shape index (κ3) is 4.98. The van der Waals surface area contributed by atoms with Crippen LogP contribution < -0.4 is 20.9 Å². The van der Waals surface area contributed by atoms with E-state index in [0.29, 0.717) is 17.8 Å². The van der Waals surface area contributed by atoms with E-state index in [9.17, 15) is 9.59 Å². The summed E-state index contributed by atoms with van der Waals surface area (Å²) in [5.74, 6) is 2.17. The summed E-state index contributed by atoms with van der Waals surface area (Å²) in [5.41, 5.74) is 4.18. The van der Waals surface area contributed by atoms with Gasteiger partial charge in [-0.1, -0.05) is 18.2 Å². The van der Waals surface area contributed by atoms with Crippen LogP contribution in [-0.2, 0) is 6.54 Å². The number of urea groups is 1. The molecule has 3 amide bonds. The topological polar surface area (TPSA) is 73.5 Å². The quantitative estimate of drug-likeness (QED) is 0.723. The molecule has 1 fully saturated rings. The van der Waals surface area contributed by atoms with Gasteiger partial charge in [0.1, 0.15) is 0 Å². The number of nitrogens with one attached hydrogen (secondary N) is 3. The van der Waals surface area contributed by atoms with Crippen LogP contribution in [0.5, 0.6) is 0 Å². The lowest BCUT2D eigenvalue weighted by molar-refractivity contribution is 0.0962. The molecular weight excluding hydrogens is 372 g/mol.